The van der Waals surface area contributed by atoms with Gasteiger partial charge in [0.2, 0.25) is 0 Å². The van der Waals surface area contributed by atoms with Gasteiger partial charge in [0, 0.05) is 23.1 Å². The van der Waals surface area contributed by atoms with Gasteiger partial charge in [-0.25, -0.2) is 9.37 Å². The molecule has 5 nitrogen and oxygen atoms in total. The Morgan fingerprint density at radius 1 is 1.18 bits per heavy atom. The number of ether oxygens (including phenoxy) is 2. The fourth-order valence-electron chi connectivity index (χ4n) is 2.42. The molecule has 1 N–H and O–H groups in total. The average molecular weight is 408 g/mol. The Hall–Kier alpha value is -3.07. The number of alkyl halides is 2. The van der Waals surface area contributed by atoms with Crippen molar-refractivity contribution in [3.8, 4) is 11.5 Å². The molecule has 0 saturated carbocycles. The predicted molar refractivity (Wildman–Crippen MR) is 98.9 cm³/mol. The van der Waals surface area contributed by atoms with Crippen molar-refractivity contribution in [2.24, 2.45) is 0 Å². The number of thiazole rings is 1. The number of rotatable bonds is 7. The molecule has 1 amide bonds. The molecule has 0 aliphatic carbocycles. The van der Waals surface area contributed by atoms with E-state index in [2.05, 4.69) is 15.0 Å². The minimum absolute atomic E-state index is 0.0177. The molecule has 0 aliphatic heterocycles. The number of aromatic nitrogens is 1. The molecule has 0 aliphatic rings. The lowest BCUT2D eigenvalue weighted by atomic mass is 10.1. The van der Waals surface area contributed by atoms with Crippen LogP contribution >= 0.6 is 11.3 Å². The number of nitrogens with zero attached hydrogens (tertiary/aromatic N) is 1. The van der Waals surface area contributed by atoms with Gasteiger partial charge in [-0.15, -0.1) is 11.3 Å². The molecule has 0 radical (unpaired) electrons. The van der Waals surface area contributed by atoms with Gasteiger partial charge in [-0.1, -0.05) is 12.1 Å². The molecule has 1 heterocycles. The molecule has 2 aromatic carbocycles. The normalized spacial score (nSPS) is 10.8. The van der Waals surface area contributed by atoms with Crippen LogP contribution < -0.4 is 14.8 Å². The zero-order valence-corrected chi connectivity index (χ0v) is 15.4. The molecular weight excluding hydrogens is 393 g/mol. The molecular formula is C19H15F3N2O3S. The molecule has 0 spiro atoms. The van der Waals surface area contributed by atoms with E-state index >= 15 is 0 Å². The summed E-state index contributed by atoms with van der Waals surface area (Å²) in [4.78, 5) is 17.4. The van der Waals surface area contributed by atoms with Crippen LogP contribution in [0.15, 0.2) is 48.7 Å². The first kappa shape index (κ1) is 19.7. The molecule has 0 fully saturated rings. The van der Waals surface area contributed by atoms with Crippen molar-refractivity contribution in [1.82, 2.24) is 4.98 Å². The topological polar surface area (TPSA) is 60.5 Å². The van der Waals surface area contributed by atoms with Gasteiger partial charge >= 0.3 is 6.61 Å². The number of nitrogens with one attached hydrogen (secondary N) is 1. The highest BCUT2D eigenvalue weighted by Gasteiger charge is 2.15. The van der Waals surface area contributed by atoms with E-state index in [1.165, 1.54) is 48.8 Å². The lowest BCUT2D eigenvalue weighted by Crippen LogP contribution is -2.12. The third-order valence-corrected chi connectivity index (χ3v) is 4.62. The summed E-state index contributed by atoms with van der Waals surface area (Å²) in [6.07, 6.45) is 2.19. The Kier molecular flexibility index (Phi) is 6.15. The van der Waals surface area contributed by atoms with E-state index in [-0.39, 0.29) is 22.9 Å². The number of methoxy groups -OCH3 is 1. The van der Waals surface area contributed by atoms with E-state index in [0.29, 0.717) is 11.6 Å². The van der Waals surface area contributed by atoms with Gasteiger partial charge in [-0.05, 0) is 35.9 Å². The molecule has 0 atom stereocenters. The second-order valence-electron chi connectivity index (χ2n) is 5.63. The van der Waals surface area contributed by atoms with Crippen molar-refractivity contribution in [3.05, 3.63) is 70.5 Å². The SMILES string of the molecule is COc1cc(C(=O)Nc2ncc(Cc3ccc(F)cc3)s2)ccc1OC(F)F. The highest BCUT2D eigenvalue weighted by atomic mass is 32.1. The zero-order chi connectivity index (χ0) is 20.1. The number of carbonyl (C=O) groups excluding carboxylic acids is 1. The predicted octanol–water partition coefficient (Wildman–Crippen LogP) is 4.74. The lowest BCUT2D eigenvalue weighted by Gasteiger charge is -2.11. The van der Waals surface area contributed by atoms with Crippen LogP contribution in [0.25, 0.3) is 0 Å². The maximum absolute atomic E-state index is 13.0. The smallest absolute Gasteiger partial charge is 0.387 e. The summed E-state index contributed by atoms with van der Waals surface area (Å²) >= 11 is 1.28. The summed E-state index contributed by atoms with van der Waals surface area (Å²) in [5, 5.41) is 3.03. The number of halogens is 3. The van der Waals surface area contributed by atoms with Gasteiger partial charge in [0.1, 0.15) is 5.82 Å². The second kappa shape index (κ2) is 8.75. The van der Waals surface area contributed by atoms with Crippen molar-refractivity contribution < 1.29 is 27.4 Å². The van der Waals surface area contributed by atoms with E-state index in [1.54, 1.807) is 18.3 Å². The first-order valence-electron chi connectivity index (χ1n) is 8.08. The first-order chi connectivity index (χ1) is 13.4. The van der Waals surface area contributed by atoms with Crippen LogP contribution in [0.4, 0.5) is 18.3 Å². The minimum Gasteiger partial charge on any atom is -0.493 e. The van der Waals surface area contributed by atoms with Crippen molar-refractivity contribution >= 4 is 22.4 Å². The first-order valence-corrected chi connectivity index (χ1v) is 8.89. The van der Waals surface area contributed by atoms with Crippen molar-refractivity contribution in [3.63, 3.8) is 0 Å². The molecule has 28 heavy (non-hydrogen) atoms. The number of hydrogen-bond donors (Lipinski definition) is 1. The van der Waals surface area contributed by atoms with Crippen LogP contribution in [0.1, 0.15) is 20.8 Å². The van der Waals surface area contributed by atoms with E-state index in [0.717, 1.165) is 10.4 Å². The van der Waals surface area contributed by atoms with Crippen molar-refractivity contribution in [2.75, 3.05) is 12.4 Å². The molecule has 0 unspecified atom stereocenters. The number of hydrogen-bond acceptors (Lipinski definition) is 5. The second-order valence-corrected chi connectivity index (χ2v) is 6.75. The Morgan fingerprint density at radius 2 is 1.93 bits per heavy atom. The van der Waals surface area contributed by atoms with Crippen LogP contribution in [0, 0.1) is 5.82 Å². The van der Waals surface area contributed by atoms with Crippen molar-refractivity contribution in [1.29, 1.82) is 0 Å². The molecule has 0 bridgehead atoms. The Labute approximate surface area is 162 Å². The van der Waals surface area contributed by atoms with Gasteiger partial charge in [-0.2, -0.15) is 8.78 Å². The maximum atomic E-state index is 13.0. The molecule has 3 aromatic rings. The summed E-state index contributed by atoms with van der Waals surface area (Å²) in [6, 6.07) is 10.0. The Bertz CT molecular complexity index is 961. The fourth-order valence-corrected chi connectivity index (χ4v) is 3.26. The quantitative estimate of drug-likeness (QED) is 0.614. The zero-order valence-electron chi connectivity index (χ0n) is 14.6. The summed E-state index contributed by atoms with van der Waals surface area (Å²) in [5.41, 5.74) is 1.12. The summed E-state index contributed by atoms with van der Waals surface area (Å²) in [5.74, 6) is -0.917. The van der Waals surface area contributed by atoms with Gasteiger partial charge in [0.25, 0.3) is 5.91 Å². The monoisotopic (exact) mass is 408 g/mol. The largest absolute Gasteiger partial charge is 0.493 e. The van der Waals surface area contributed by atoms with Gasteiger partial charge in [0.05, 0.1) is 7.11 Å². The third-order valence-electron chi connectivity index (χ3n) is 3.71. The van der Waals surface area contributed by atoms with Crippen LogP contribution in [-0.2, 0) is 6.42 Å². The van der Waals surface area contributed by atoms with Crippen LogP contribution in [0.2, 0.25) is 0 Å². The third kappa shape index (κ3) is 5.01. The van der Waals surface area contributed by atoms with Crippen LogP contribution in [-0.4, -0.2) is 24.6 Å². The van der Waals surface area contributed by atoms with E-state index < -0.39 is 12.5 Å². The van der Waals surface area contributed by atoms with Crippen LogP contribution in [0.5, 0.6) is 11.5 Å². The standard InChI is InChI=1S/C19H15F3N2O3S/c1-26-16-9-12(4-7-15(16)27-18(21)22)17(25)24-19-23-10-14(28-19)8-11-2-5-13(20)6-3-11/h2-7,9-10,18H,8H2,1H3,(H,23,24,25). The molecule has 9 heteroatoms. The van der Waals surface area contributed by atoms with Gasteiger partial charge in [0.15, 0.2) is 16.6 Å². The number of carbonyl (C=O) groups is 1. The number of benzene rings is 2. The van der Waals surface area contributed by atoms with Crippen molar-refractivity contribution in [2.45, 2.75) is 13.0 Å². The maximum Gasteiger partial charge on any atom is 0.387 e. The van der Waals surface area contributed by atoms with Gasteiger partial charge in [-0.3, -0.25) is 10.1 Å². The van der Waals surface area contributed by atoms with E-state index in [1.807, 2.05) is 0 Å². The summed E-state index contributed by atoms with van der Waals surface area (Å²) in [6.45, 7) is -3.00. The molecule has 146 valence electrons. The highest BCUT2D eigenvalue weighted by Crippen LogP contribution is 2.30. The number of amides is 1. The highest BCUT2D eigenvalue weighted by molar-refractivity contribution is 7.15. The van der Waals surface area contributed by atoms with E-state index in [4.69, 9.17) is 4.74 Å². The Morgan fingerprint density at radius 3 is 2.61 bits per heavy atom. The van der Waals surface area contributed by atoms with Gasteiger partial charge < -0.3 is 9.47 Å². The summed E-state index contributed by atoms with van der Waals surface area (Å²) in [7, 11) is 1.29. The number of anilines is 1. The molecule has 1 aromatic heterocycles. The van der Waals surface area contributed by atoms with Crippen LogP contribution in [0.3, 0.4) is 0 Å². The lowest BCUT2D eigenvalue weighted by molar-refractivity contribution is -0.0512. The minimum atomic E-state index is -3.00. The average Bonchev–Trinajstić information content (AvgIpc) is 3.10. The molecule has 0 saturated heterocycles. The Balaban J connectivity index is 1.68. The molecule has 3 rings (SSSR count). The fraction of sp³-hybridized carbons (Fsp3) is 0.158. The summed E-state index contributed by atoms with van der Waals surface area (Å²) < 4.78 is 47.0. The van der Waals surface area contributed by atoms with E-state index in [9.17, 15) is 18.0 Å².